The zero-order chi connectivity index (χ0) is 13.2. The Labute approximate surface area is 121 Å². The number of hydrogen-bond acceptors (Lipinski definition) is 3. The van der Waals surface area contributed by atoms with E-state index in [1.165, 1.54) is 25.1 Å². The van der Waals surface area contributed by atoms with Crippen LogP contribution in [0.3, 0.4) is 0 Å². The largest absolute Gasteiger partial charge is 0.497 e. The summed E-state index contributed by atoms with van der Waals surface area (Å²) < 4.78 is 5.19. The van der Waals surface area contributed by atoms with Gasteiger partial charge < -0.3 is 4.74 Å². The Morgan fingerprint density at radius 3 is 2.00 bits per heavy atom. The molecule has 0 spiro atoms. The van der Waals surface area contributed by atoms with Gasteiger partial charge >= 0.3 is 0 Å². The van der Waals surface area contributed by atoms with E-state index in [1.807, 2.05) is 34.8 Å². The minimum Gasteiger partial charge on any atom is -0.497 e. The van der Waals surface area contributed by atoms with Crippen molar-refractivity contribution in [3.63, 3.8) is 0 Å². The summed E-state index contributed by atoms with van der Waals surface area (Å²) in [4.78, 5) is 5.34. The molecule has 96 valence electrons. The molecule has 3 heteroatoms. The first-order chi connectivity index (χ1) is 9.26. The lowest BCUT2D eigenvalue weighted by molar-refractivity contribution is 0.415. The summed E-state index contributed by atoms with van der Waals surface area (Å²) in [5, 5.41) is 0. The SMILES string of the molecule is COc1ccc(-c2ccc(-c3ccc(C)s3)s2)cc1. The molecule has 0 aliphatic rings. The third kappa shape index (κ3) is 2.57. The Bertz CT molecular complexity index is 677. The Kier molecular flexibility index (Phi) is 3.40. The van der Waals surface area contributed by atoms with Gasteiger partial charge in [0.05, 0.1) is 7.11 Å². The van der Waals surface area contributed by atoms with Crippen LogP contribution in [0.2, 0.25) is 0 Å². The highest BCUT2D eigenvalue weighted by atomic mass is 32.1. The van der Waals surface area contributed by atoms with Crippen molar-refractivity contribution in [1.29, 1.82) is 0 Å². The Morgan fingerprint density at radius 2 is 1.37 bits per heavy atom. The minimum absolute atomic E-state index is 0.898. The van der Waals surface area contributed by atoms with Crippen LogP contribution in [0.4, 0.5) is 0 Å². The summed E-state index contributed by atoms with van der Waals surface area (Å²) in [5.74, 6) is 0.898. The molecular formula is C16H14OS2. The Balaban J connectivity index is 1.91. The van der Waals surface area contributed by atoms with Crippen molar-refractivity contribution < 1.29 is 4.74 Å². The van der Waals surface area contributed by atoms with Crippen LogP contribution < -0.4 is 4.74 Å². The second-order valence-corrected chi connectivity index (χ2v) is 6.67. The fraction of sp³-hybridized carbons (Fsp3) is 0.125. The van der Waals surface area contributed by atoms with E-state index < -0.39 is 0 Å². The van der Waals surface area contributed by atoms with E-state index in [2.05, 4.69) is 43.3 Å². The summed E-state index contributed by atoms with van der Waals surface area (Å²) in [6.45, 7) is 2.14. The summed E-state index contributed by atoms with van der Waals surface area (Å²) in [7, 11) is 1.69. The van der Waals surface area contributed by atoms with E-state index in [0.717, 1.165) is 5.75 Å². The van der Waals surface area contributed by atoms with E-state index >= 15 is 0 Å². The normalized spacial score (nSPS) is 10.6. The average molecular weight is 286 g/mol. The quantitative estimate of drug-likeness (QED) is 0.621. The maximum atomic E-state index is 5.19. The summed E-state index contributed by atoms with van der Waals surface area (Å²) in [5.41, 5.74) is 1.24. The van der Waals surface area contributed by atoms with Gasteiger partial charge in [0.15, 0.2) is 0 Å². The molecule has 0 fully saturated rings. The summed E-state index contributed by atoms with van der Waals surface area (Å²) in [6, 6.07) is 17.0. The van der Waals surface area contributed by atoms with Crippen molar-refractivity contribution in [2.75, 3.05) is 7.11 Å². The topological polar surface area (TPSA) is 9.23 Å². The maximum Gasteiger partial charge on any atom is 0.118 e. The van der Waals surface area contributed by atoms with E-state index in [4.69, 9.17) is 4.74 Å². The lowest BCUT2D eigenvalue weighted by atomic mass is 10.2. The van der Waals surface area contributed by atoms with Gasteiger partial charge in [-0.05, 0) is 61.0 Å². The first-order valence-electron chi connectivity index (χ1n) is 6.07. The zero-order valence-corrected chi connectivity index (χ0v) is 12.5. The number of benzene rings is 1. The Hall–Kier alpha value is -1.58. The highest BCUT2D eigenvalue weighted by Crippen LogP contribution is 2.37. The smallest absolute Gasteiger partial charge is 0.118 e. The molecule has 0 atom stereocenters. The number of thiophene rings is 2. The van der Waals surface area contributed by atoms with Crippen LogP contribution in [-0.2, 0) is 0 Å². The number of methoxy groups -OCH3 is 1. The van der Waals surface area contributed by atoms with Crippen LogP contribution in [-0.4, -0.2) is 7.11 Å². The number of aryl methyl sites for hydroxylation is 1. The van der Waals surface area contributed by atoms with E-state index in [-0.39, 0.29) is 0 Å². The second kappa shape index (κ2) is 5.19. The molecule has 0 aliphatic carbocycles. The molecule has 0 bridgehead atoms. The fourth-order valence-electron chi connectivity index (χ4n) is 1.95. The lowest BCUT2D eigenvalue weighted by Gasteiger charge is -2.00. The molecule has 3 aromatic rings. The monoisotopic (exact) mass is 286 g/mol. The van der Waals surface area contributed by atoms with Gasteiger partial charge in [0.1, 0.15) is 5.75 Å². The number of ether oxygens (including phenoxy) is 1. The van der Waals surface area contributed by atoms with Crippen LogP contribution in [0.5, 0.6) is 5.75 Å². The molecule has 0 radical (unpaired) electrons. The molecule has 1 nitrogen and oxygen atoms in total. The van der Waals surface area contributed by atoms with Gasteiger partial charge in [-0.25, -0.2) is 0 Å². The third-order valence-electron chi connectivity index (χ3n) is 2.96. The predicted molar refractivity (Wildman–Crippen MR) is 84.4 cm³/mol. The zero-order valence-electron chi connectivity index (χ0n) is 10.8. The van der Waals surface area contributed by atoms with Gasteiger partial charge in [-0.1, -0.05) is 0 Å². The van der Waals surface area contributed by atoms with Crippen molar-refractivity contribution >= 4 is 22.7 Å². The first kappa shape index (κ1) is 12.5. The van der Waals surface area contributed by atoms with Crippen molar-refractivity contribution in [3.05, 3.63) is 53.4 Å². The van der Waals surface area contributed by atoms with Crippen molar-refractivity contribution in [2.45, 2.75) is 6.92 Å². The molecule has 0 amide bonds. The van der Waals surface area contributed by atoms with Gasteiger partial charge in [0.25, 0.3) is 0 Å². The van der Waals surface area contributed by atoms with Crippen molar-refractivity contribution in [1.82, 2.24) is 0 Å². The van der Waals surface area contributed by atoms with Crippen LogP contribution in [0.15, 0.2) is 48.5 Å². The molecule has 2 heterocycles. The fourth-order valence-corrected chi connectivity index (χ4v) is 3.92. The minimum atomic E-state index is 0.898. The average Bonchev–Trinajstić information content (AvgIpc) is 3.07. The summed E-state index contributed by atoms with van der Waals surface area (Å²) in [6.07, 6.45) is 0. The van der Waals surface area contributed by atoms with Crippen LogP contribution in [0, 0.1) is 6.92 Å². The summed E-state index contributed by atoms with van der Waals surface area (Å²) >= 11 is 3.68. The lowest BCUT2D eigenvalue weighted by Crippen LogP contribution is -1.81. The maximum absolute atomic E-state index is 5.19. The van der Waals surface area contributed by atoms with E-state index in [0.29, 0.717) is 0 Å². The van der Waals surface area contributed by atoms with Gasteiger partial charge in [-0.2, -0.15) is 0 Å². The molecule has 3 rings (SSSR count). The standard InChI is InChI=1S/C16H14OS2/c1-11-3-8-15(18-11)16-10-9-14(19-16)12-4-6-13(17-2)7-5-12/h3-10H,1-2H3. The van der Waals surface area contributed by atoms with Gasteiger partial charge in [-0.15, -0.1) is 22.7 Å². The third-order valence-corrected chi connectivity index (χ3v) is 5.29. The molecule has 0 saturated heterocycles. The predicted octanol–water partition coefficient (Wildman–Crippen LogP) is 5.46. The van der Waals surface area contributed by atoms with Gasteiger partial charge in [0.2, 0.25) is 0 Å². The number of hydrogen-bond donors (Lipinski definition) is 0. The van der Waals surface area contributed by atoms with Crippen LogP contribution in [0.25, 0.3) is 20.2 Å². The Morgan fingerprint density at radius 1 is 0.737 bits per heavy atom. The highest BCUT2D eigenvalue weighted by Gasteiger charge is 2.06. The molecule has 2 aromatic heterocycles. The molecular weight excluding hydrogens is 272 g/mol. The van der Waals surface area contributed by atoms with Crippen LogP contribution in [0.1, 0.15) is 4.88 Å². The van der Waals surface area contributed by atoms with Gasteiger partial charge in [-0.3, -0.25) is 0 Å². The van der Waals surface area contributed by atoms with E-state index in [1.54, 1.807) is 7.11 Å². The van der Waals surface area contributed by atoms with Crippen molar-refractivity contribution in [2.24, 2.45) is 0 Å². The number of rotatable bonds is 3. The molecule has 0 aliphatic heterocycles. The molecule has 0 saturated carbocycles. The first-order valence-corrected chi connectivity index (χ1v) is 7.70. The molecule has 0 unspecified atom stereocenters. The van der Waals surface area contributed by atoms with Crippen molar-refractivity contribution in [3.8, 4) is 25.9 Å². The van der Waals surface area contributed by atoms with Crippen LogP contribution >= 0.6 is 22.7 Å². The van der Waals surface area contributed by atoms with Gasteiger partial charge in [0, 0.05) is 19.5 Å². The second-order valence-electron chi connectivity index (χ2n) is 4.30. The molecule has 19 heavy (non-hydrogen) atoms. The van der Waals surface area contributed by atoms with E-state index in [9.17, 15) is 0 Å². The molecule has 0 N–H and O–H groups in total. The molecule has 1 aromatic carbocycles. The highest BCUT2D eigenvalue weighted by molar-refractivity contribution is 7.23.